The Bertz CT molecular complexity index is 216. The molecule has 0 spiro atoms. The van der Waals surface area contributed by atoms with Gasteiger partial charge in [-0.3, -0.25) is 9.59 Å². The molecule has 0 fully saturated rings. The topological polar surface area (TPSA) is 89.4 Å². The molecule has 5 nitrogen and oxygen atoms in total. The third-order valence-electron chi connectivity index (χ3n) is 2.01. The van der Waals surface area contributed by atoms with Gasteiger partial charge in [-0.15, -0.1) is 0 Å². The zero-order valence-corrected chi connectivity index (χ0v) is 8.99. The Hall–Kier alpha value is -1.10. The van der Waals surface area contributed by atoms with Gasteiger partial charge >= 0.3 is 0 Å². The number of primary amides is 1. The maximum absolute atomic E-state index is 11.7. The molecule has 4 N–H and O–H groups in total. The van der Waals surface area contributed by atoms with Crippen LogP contribution >= 0.6 is 0 Å². The van der Waals surface area contributed by atoms with Crippen LogP contribution in [0, 0.1) is 5.92 Å². The molecule has 0 radical (unpaired) electrons. The number of carbonyl (C=O) groups is 2. The lowest BCUT2D eigenvalue weighted by molar-refractivity contribution is -0.139. The minimum atomic E-state index is -0.503. The predicted molar refractivity (Wildman–Crippen MR) is 54.3 cm³/mol. The summed E-state index contributed by atoms with van der Waals surface area (Å²) in [5, 5.41) is 0. The number of hydrogen-bond donors (Lipinski definition) is 2. The van der Waals surface area contributed by atoms with Crippen molar-refractivity contribution < 1.29 is 9.59 Å². The fourth-order valence-electron chi connectivity index (χ4n) is 1.07. The summed E-state index contributed by atoms with van der Waals surface area (Å²) in [5.74, 6) is -0.894. The average Bonchev–Trinajstić information content (AvgIpc) is 2.11. The highest BCUT2D eigenvalue weighted by Gasteiger charge is 2.22. The van der Waals surface area contributed by atoms with Gasteiger partial charge in [0.15, 0.2) is 0 Å². The van der Waals surface area contributed by atoms with E-state index in [1.807, 2.05) is 13.8 Å². The normalized spacial score (nSPS) is 12.6. The summed E-state index contributed by atoms with van der Waals surface area (Å²) in [6.07, 6.45) is 0. The summed E-state index contributed by atoms with van der Waals surface area (Å²) in [4.78, 5) is 23.9. The molecular formula is C9H19N3O2. The van der Waals surface area contributed by atoms with Gasteiger partial charge in [-0.05, 0) is 13.8 Å². The second-order valence-corrected chi connectivity index (χ2v) is 3.66. The molecule has 0 aromatic carbocycles. The minimum Gasteiger partial charge on any atom is -0.368 e. The zero-order valence-electron chi connectivity index (χ0n) is 8.99. The van der Waals surface area contributed by atoms with Crippen molar-refractivity contribution in [3.05, 3.63) is 0 Å². The third-order valence-corrected chi connectivity index (χ3v) is 2.01. The molecule has 14 heavy (non-hydrogen) atoms. The Morgan fingerprint density at radius 2 is 1.79 bits per heavy atom. The highest BCUT2D eigenvalue weighted by molar-refractivity contribution is 5.85. The molecule has 0 heterocycles. The fourth-order valence-corrected chi connectivity index (χ4v) is 1.07. The van der Waals surface area contributed by atoms with Crippen molar-refractivity contribution in [3.8, 4) is 0 Å². The van der Waals surface area contributed by atoms with Crippen LogP contribution < -0.4 is 11.5 Å². The lowest BCUT2D eigenvalue weighted by atomic mass is 10.1. The minimum absolute atomic E-state index is 0.0380. The summed E-state index contributed by atoms with van der Waals surface area (Å²) >= 11 is 0. The van der Waals surface area contributed by atoms with E-state index in [1.165, 1.54) is 4.90 Å². The molecule has 0 aliphatic heterocycles. The lowest BCUT2D eigenvalue weighted by Crippen LogP contribution is -2.46. The Kier molecular flexibility index (Phi) is 5.15. The van der Waals surface area contributed by atoms with Crippen molar-refractivity contribution in [1.82, 2.24) is 4.90 Å². The Labute approximate surface area is 84.4 Å². The van der Waals surface area contributed by atoms with E-state index in [0.717, 1.165) is 0 Å². The molecule has 82 valence electrons. The molecule has 2 amide bonds. The summed E-state index contributed by atoms with van der Waals surface area (Å²) in [6, 6.07) is -0.0380. The fraction of sp³-hybridized carbons (Fsp3) is 0.778. The van der Waals surface area contributed by atoms with Gasteiger partial charge < -0.3 is 16.4 Å². The van der Waals surface area contributed by atoms with E-state index in [4.69, 9.17) is 11.5 Å². The molecule has 0 aromatic rings. The third kappa shape index (κ3) is 3.74. The van der Waals surface area contributed by atoms with Crippen LogP contribution in [0.2, 0.25) is 0 Å². The number of hydrogen-bond acceptors (Lipinski definition) is 3. The number of nitrogens with two attached hydrogens (primary N) is 2. The van der Waals surface area contributed by atoms with E-state index in [2.05, 4.69) is 0 Å². The first kappa shape index (κ1) is 12.9. The summed E-state index contributed by atoms with van der Waals surface area (Å²) in [7, 11) is 0. The molecule has 0 aliphatic rings. The quantitative estimate of drug-likeness (QED) is 0.616. The van der Waals surface area contributed by atoms with Gasteiger partial charge in [0.05, 0.1) is 6.54 Å². The van der Waals surface area contributed by atoms with Gasteiger partial charge in [-0.1, -0.05) is 6.92 Å². The van der Waals surface area contributed by atoms with E-state index in [0.29, 0.717) is 0 Å². The molecule has 0 aromatic heterocycles. The maximum atomic E-state index is 11.7. The van der Waals surface area contributed by atoms with E-state index < -0.39 is 5.91 Å². The van der Waals surface area contributed by atoms with Crippen molar-refractivity contribution in [2.45, 2.75) is 26.8 Å². The highest BCUT2D eigenvalue weighted by Crippen LogP contribution is 2.05. The number of carbonyl (C=O) groups excluding carboxylic acids is 2. The summed E-state index contributed by atoms with van der Waals surface area (Å²) < 4.78 is 0. The van der Waals surface area contributed by atoms with Crippen LogP contribution in [-0.2, 0) is 9.59 Å². The van der Waals surface area contributed by atoms with Crippen molar-refractivity contribution in [2.24, 2.45) is 17.4 Å². The number of rotatable bonds is 5. The summed E-state index contributed by atoms with van der Waals surface area (Å²) in [5.41, 5.74) is 10.4. The van der Waals surface area contributed by atoms with Gasteiger partial charge in [0, 0.05) is 18.5 Å². The monoisotopic (exact) mass is 201 g/mol. The Morgan fingerprint density at radius 1 is 1.29 bits per heavy atom. The van der Waals surface area contributed by atoms with E-state index >= 15 is 0 Å². The van der Waals surface area contributed by atoms with E-state index in [1.54, 1.807) is 6.92 Å². The average molecular weight is 201 g/mol. The molecule has 0 saturated carbocycles. The standard InChI is InChI=1S/C9H19N3O2/c1-6(2)12(5-8(11)13)9(14)7(3)4-10/h6-7H,4-5,10H2,1-3H3,(H2,11,13). The van der Waals surface area contributed by atoms with Gasteiger partial charge in [0.2, 0.25) is 11.8 Å². The second kappa shape index (κ2) is 5.59. The van der Waals surface area contributed by atoms with Crippen LogP contribution in [0.4, 0.5) is 0 Å². The molecule has 1 unspecified atom stereocenters. The summed E-state index contributed by atoms with van der Waals surface area (Å²) in [6.45, 7) is 5.65. The first-order valence-electron chi connectivity index (χ1n) is 4.69. The van der Waals surface area contributed by atoms with Crippen molar-refractivity contribution in [2.75, 3.05) is 13.1 Å². The van der Waals surface area contributed by atoms with Gasteiger partial charge in [-0.2, -0.15) is 0 Å². The Balaban J connectivity index is 4.49. The first-order chi connectivity index (χ1) is 6.40. The first-order valence-corrected chi connectivity index (χ1v) is 4.69. The van der Waals surface area contributed by atoms with Crippen molar-refractivity contribution in [1.29, 1.82) is 0 Å². The van der Waals surface area contributed by atoms with Gasteiger partial charge in [0.25, 0.3) is 0 Å². The maximum Gasteiger partial charge on any atom is 0.237 e. The van der Waals surface area contributed by atoms with E-state index in [9.17, 15) is 9.59 Å². The molecule has 0 bridgehead atoms. The zero-order chi connectivity index (χ0) is 11.3. The van der Waals surface area contributed by atoms with Crippen LogP contribution in [0.25, 0.3) is 0 Å². The highest BCUT2D eigenvalue weighted by atomic mass is 16.2. The molecule has 0 aliphatic carbocycles. The van der Waals surface area contributed by atoms with Gasteiger partial charge in [-0.25, -0.2) is 0 Å². The molecule has 0 rings (SSSR count). The van der Waals surface area contributed by atoms with Gasteiger partial charge in [0.1, 0.15) is 0 Å². The molecule has 0 saturated heterocycles. The van der Waals surface area contributed by atoms with Crippen LogP contribution in [0.1, 0.15) is 20.8 Å². The number of nitrogens with zero attached hydrogens (tertiary/aromatic N) is 1. The smallest absolute Gasteiger partial charge is 0.237 e. The lowest BCUT2D eigenvalue weighted by Gasteiger charge is -2.27. The Morgan fingerprint density at radius 3 is 2.07 bits per heavy atom. The van der Waals surface area contributed by atoms with Crippen molar-refractivity contribution >= 4 is 11.8 Å². The predicted octanol–water partition coefficient (Wildman–Crippen LogP) is -0.696. The SMILES string of the molecule is CC(CN)C(=O)N(CC(N)=O)C(C)C. The van der Waals surface area contributed by atoms with Crippen molar-refractivity contribution in [3.63, 3.8) is 0 Å². The van der Waals surface area contributed by atoms with Crippen LogP contribution in [0.15, 0.2) is 0 Å². The second-order valence-electron chi connectivity index (χ2n) is 3.66. The molecular weight excluding hydrogens is 182 g/mol. The van der Waals surface area contributed by atoms with Crippen LogP contribution in [0.3, 0.4) is 0 Å². The van der Waals surface area contributed by atoms with Crippen LogP contribution in [0.5, 0.6) is 0 Å². The molecule has 1 atom stereocenters. The van der Waals surface area contributed by atoms with E-state index in [-0.39, 0.29) is 31.0 Å². The number of amides is 2. The van der Waals surface area contributed by atoms with Crippen LogP contribution in [-0.4, -0.2) is 35.8 Å². The molecule has 5 heteroatoms. The largest absolute Gasteiger partial charge is 0.368 e.